The first-order chi connectivity index (χ1) is 9.43. The maximum absolute atomic E-state index is 12.7. The number of halogens is 4. The zero-order chi connectivity index (χ0) is 14.3. The maximum atomic E-state index is 12.7. The molecule has 5 heteroatoms. The first kappa shape index (κ1) is 14.1. The zero-order valence-corrected chi connectivity index (χ0v) is 11.8. The van der Waals surface area contributed by atoms with Gasteiger partial charge in [0.25, 0.3) is 0 Å². The van der Waals surface area contributed by atoms with Gasteiger partial charge in [-0.1, -0.05) is 18.0 Å². The number of alkyl halides is 3. The predicted molar refractivity (Wildman–Crippen MR) is 73.9 cm³/mol. The smallest absolute Gasteiger partial charge is 0.384 e. The van der Waals surface area contributed by atoms with Crippen molar-refractivity contribution in [3.05, 3.63) is 28.8 Å². The number of anilines is 1. The van der Waals surface area contributed by atoms with Crippen LogP contribution in [0.3, 0.4) is 0 Å². The molecule has 0 aliphatic heterocycles. The van der Waals surface area contributed by atoms with E-state index in [1.807, 2.05) is 0 Å². The predicted octanol–water partition coefficient (Wildman–Crippen LogP) is 5.21. The second-order valence-electron chi connectivity index (χ2n) is 6.01. The lowest BCUT2D eigenvalue weighted by atomic mass is 9.89. The maximum Gasteiger partial charge on any atom is 0.416 e. The van der Waals surface area contributed by atoms with Crippen molar-refractivity contribution in [2.45, 2.75) is 31.9 Å². The van der Waals surface area contributed by atoms with Crippen molar-refractivity contribution in [2.24, 2.45) is 17.8 Å². The van der Waals surface area contributed by atoms with Crippen molar-refractivity contribution in [2.75, 3.05) is 11.9 Å². The molecule has 0 saturated heterocycles. The lowest BCUT2D eigenvalue weighted by Gasteiger charge is -2.23. The third-order valence-electron chi connectivity index (χ3n) is 4.73. The molecule has 0 radical (unpaired) electrons. The SMILES string of the molecule is FC(F)(F)c1ccc(Cl)c(NCC2CC3CCC2C3)c1. The molecule has 0 spiro atoms. The average molecular weight is 304 g/mol. The van der Waals surface area contributed by atoms with Crippen molar-refractivity contribution in [1.29, 1.82) is 0 Å². The Morgan fingerprint density at radius 2 is 2.00 bits per heavy atom. The van der Waals surface area contributed by atoms with E-state index in [1.165, 1.54) is 31.7 Å². The molecule has 0 aromatic heterocycles. The van der Waals surface area contributed by atoms with Gasteiger partial charge in [-0.25, -0.2) is 0 Å². The Hall–Kier alpha value is -0.900. The van der Waals surface area contributed by atoms with Crippen LogP contribution in [-0.4, -0.2) is 6.54 Å². The van der Waals surface area contributed by atoms with Gasteiger partial charge in [0.1, 0.15) is 0 Å². The standard InChI is InChI=1S/C15H17ClF3N/c16-13-4-3-12(15(17,18)19)7-14(13)20-8-11-6-9-1-2-10(11)5-9/h3-4,7,9-11,20H,1-2,5-6,8H2. The van der Waals surface area contributed by atoms with Gasteiger partial charge in [0.2, 0.25) is 0 Å². The molecule has 3 atom stereocenters. The monoisotopic (exact) mass is 303 g/mol. The molecular weight excluding hydrogens is 287 g/mol. The topological polar surface area (TPSA) is 12.0 Å². The van der Waals surface area contributed by atoms with Gasteiger partial charge >= 0.3 is 6.18 Å². The van der Waals surface area contributed by atoms with E-state index in [1.54, 1.807) is 0 Å². The summed E-state index contributed by atoms with van der Waals surface area (Å²) in [6, 6.07) is 3.44. The molecule has 2 saturated carbocycles. The number of fused-ring (bicyclic) bond motifs is 2. The molecule has 3 rings (SSSR count). The highest BCUT2D eigenvalue weighted by atomic mass is 35.5. The molecular formula is C15H17ClF3N. The van der Waals surface area contributed by atoms with Gasteiger partial charge in [0, 0.05) is 6.54 Å². The largest absolute Gasteiger partial charge is 0.416 e. The lowest BCUT2D eigenvalue weighted by molar-refractivity contribution is -0.137. The number of hydrogen-bond donors (Lipinski definition) is 1. The van der Waals surface area contributed by atoms with Gasteiger partial charge in [0.05, 0.1) is 16.3 Å². The van der Waals surface area contributed by atoms with Crippen LogP contribution in [0, 0.1) is 17.8 Å². The quantitative estimate of drug-likeness (QED) is 0.808. The van der Waals surface area contributed by atoms with Gasteiger partial charge < -0.3 is 5.32 Å². The van der Waals surface area contributed by atoms with E-state index in [4.69, 9.17) is 11.6 Å². The van der Waals surface area contributed by atoms with Gasteiger partial charge in [-0.3, -0.25) is 0 Å². The summed E-state index contributed by atoms with van der Waals surface area (Å²) in [6.07, 6.45) is 0.767. The van der Waals surface area contributed by atoms with Crippen molar-refractivity contribution in [1.82, 2.24) is 0 Å². The fourth-order valence-corrected chi connectivity index (χ4v) is 3.89. The van der Waals surface area contributed by atoms with Crippen molar-refractivity contribution in [3.63, 3.8) is 0 Å². The first-order valence-electron chi connectivity index (χ1n) is 7.04. The minimum absolute atomic E-state index is 0.348. The van der Waals surface area contributed by atoms with E-state index < -0.39 is 11.7 Å². The molecule has 0 amide bonds. The van der Waals surface area contributed by atoms with E-state index in [9.17, 15) is 13.2 Å². The van der Waals surface area contributed by atoms with E-state index >= 15 is 0 Å². The van der Waals surface area contributed by atoms with E-state index in [0.29, 0.717) is 16.6 Å². The van der Waals surface area contributed by atoms with Crippen molar-refractivity contribution in [3.8, 4) is 0 Å². The number of nitrogens with one attached hydrogen (secondary N) is 1. The van der Waals surface area contributed by atoms with Gasteiger partial charge in [-0.15, -0.1) is 0 Å². The van der Waals surface area contributed by atoms with Crippen LogP contribution in [0.15, 0.2) is 18.2 Å². The Bertz CT molecular complexity index is 500. The number of benzene rings is 1. The normalized spacial score (nSPS) is 28.9. The Morgan fingerprint density at radius 1 is 1.20 bits per heavy atom. The van der Waals surface area contributed by atoms with Crippen molar-refractivity contribution >= 4 is 17.3 Å². The van der Waals surface area contributed by atoms with Crippen LogP contribution >= 0.6 is 11.6 Å². The van der Waals surface area contributed by atoms with E-state index in [2.05, 4.69) is 5.32 Å². The van der Waals surface area contributed by atoms with Crippen LogP contribution in [0.5, 0.6) is 0 Å². The Balaban J connectivity index is 1.68. The second kappa shape index (κ2) is 5.14. The van der Waals surface area contributed by atoms with Gasteiger partial charge in [-0.05, 0) is 55.2 Å². The fraction of sp³-hybridized carbons (Fsp3) is 0.600. The second-order valence-corrected chi connectivity index (χ2v) is 6.42. The molecule has 110 valence electrons. The summed E-state index contributed by atoms with van der Waals surface area (Å²) in [4.78, 5) is 0. The minimum Gasteiger partial charge on any atom is -0.384 e. The highest BCUT2D eigenvalue weighted by Gasteiger charge is 2.39. The average Bonchev–Trinajstić information content (AvgIpc) is 2.98. The third kappa shape index (κ3) is 2.76. The molecule has 1 aromatic carbocycles. The molecule has 20 heavy (non-hydrogen) atoms. The Labute approximate surface area is 121 Å². The molecule has 2 bridgehead atoms. The Morgan fingerprint density at radius 3 is 2.60 bits per heavy atom. The highest BCUT2D eigenvalue weighted by Crippen LogP contribution is 2.48. The fourth-order valence-electron chi connectivity index (χ4n) is 3.70. The van der Waals surface area contributed by atoms with Crippen LogP contribution < -0.4 is 5.32 Å². The van der Waals surface area contributed by atoms with Crippen LogP contribution in [-0.2, 0) is 6.18 Å². The summed E-state index contributed by atoms with van der Waals surface area (Å²) < 4.78 is 38.1. The summed E-state index contributed by atoms with van der Waals surface area (Å²) in [5.74, 6) is 2.17. The Kier molecular flexibility index (Phi) is 3.61. The van der Waals surface area contributed by atoms with Gasteiger partial charge in [0.15, 0.2) is 0 Å². The first-order valence-corrected chi connectivity index (χ1v) is 7.42. The molecule has 3 unspecified atom stereocenters. The van der Waals surface area contributed by atoms with Crippen molar-refractivity contribution < 1.29 is 13.2 Å². The summed E-state index contributed by atoms with van der Waals surface area (Å²) in [6.45, 7) is 0.724. The lowest BCUT2D eigenvalue weighted by Crippen LogP contribution is -2.20. The molecule has 2 aliphatic rings. The van der Waals surface area contributed by atoms with Crippen LogP contribution in [0.25, 0.3) is 0 Å². The van der Waals surface area contributed by atoms with Gasteiger partial charge in [-0.2, -0.15) is 13.2 Å². The van der Waals surface area contributed by atoms with Crippen LogP contribution in [0.4, 0.5) is 18.9 Å². The molecule has 2 aliphatic carbocycles. The van der Waals surface area contributed by atoms with E-state index in [-0.39, 0.29) is 0 Å². The minimum atomic E-state index is -4.33. The zero-order valence-electron chi connectivity index (χ0n) is 11.0. The number of rotatable bonds is 3. The molecule has 2 fully saturated rings. The molecule has 1 aromatic rings. The number of hydrogen-bond acceptors (Lipinski definition) is 1. The van der Waals surface area contributed by atoms with E-state index in [0.717, 1.165) is 30.5 Å². The molecule has 1 nitrogen and oxygen atoms in total. The summed E-state index contributed by atoms with van der Waals surface area (Å²) >= 11 is 5.98. The molecule has 1 N–H and O–H groups in total. The third-order valence-corrected chi connectivity index (χ3v) is 5.06. The highest BCUT2D eigenvalue weighted by molar-refractivity contribution is 6.33. The summed E-state index contributed by atoms with van der Waals surface area (Å²) in [7, 11) is 0. The van der Waals surface area contributed by atoms with Crippen LogP contribution in [0.1, 0.15) is 31.2 Å². The summed E-state index contributed by atoms with van der Waals surface area (Å²) in [5.41, 5.74) is -0.262. The summed E-state index contributed by atoms with van der Waals surface area (Å²) in [5, 5.41) is 3.47. The molecule has 0 heterocycles. The van der Waals surface area contributed by atoms with Crippen LogP contribution in [0.2, 0.25) is 5.02 Å².